The summed E-state index contributed by atoms with van der Waals surface area (Å²) in [5, 5.41) is 9.18. The van der Waals surface area contributed by atoms with Crippen molar-refractivity contribution in [2.24, 2.45) is 0 Å². The molecular weight excluding hydrogens is 369 g/mol. The third-order valence-corrected chi connectivity index (χ3v) is 5.98. The zero-order chi connectivity index (χ0) is 19.8. The predicted molar refractivity (Wildman–Crippen MR) is 102 cm³/mol. The lowest BCUT2D eigenvalue weighted by Crippen LogP contribution is -2.18. The Balaban J connectivity index is 2.08. The van der Waals surface area contributed by atoms with Crippen molar-refractivity contribution in [3.8, 4) is 0 Å². The number of carboxylic acids is 1. The zero-order valence-electron chi connectivity index (χ0n) is 14.8. The number of aliphatic carboxylic acids is 1. The van der Waals surface area contributed by atoms with Crippen molar-refractivity contribution in [3.63, 3.8) is 0 Å². The molecule has 0 unspecified atom stereocenters. The van der Waals surface area contributed by atoms with E-state index in [1.165, 1.54) is 31.3 Å². The number of nitrogens with one attached hydrogen (secondary N) is 1. The Morgan fingerprint density at radius 3 is 2.41 bits per heavy atom. The van der Waals surface area contributed by atoms with Gasteiger partial charge < -0.3 is 5.11 Å². The minimum absolute atomic E-state index is 0.153. The van der Waals surface area contributed by atoms with Gasteiger partial charge in [0.05, 0.1) is 11.3 Å². The topological polar surface area (TPSA) is 83.5 Å². The van der Waals surface area contributed by atoms with Crippen LogP contribution >= 0.6 is 0 Å². The SMILES string of the molecule is CNS(=O)(=O)c1ccc(/C=C2\C(C)=C(CC(=O)O)c3cc(F)ccc32)cc1. The number of carbonyl (C=O) groups is 1. The fourth-order valence-corrected chi connectivity index (χ4v) is 3.89. The van der Waals surface area contributed by atoms with Gasteiger partial charge in [0.25, 0.3) is 0 Å². The fraction of sp³-hybridized carbons (Fsp3) is 0.150. The first-order valence-electron chi connectivity index (χ1n) is 8.20. The third-order valence-electron chi connectivity index (χ3n) is 4.55. The molecule has 7 heteroatoms. The standard InChI is InChI=1S/C20H18FNO4S/c1-12-17(9-13-3-6-15(7-4-13)27(25,26)22-2)16-8-5-14(21)10-19(16)18(12)11-20(23)24/h3-10,22H,11H2,1-2H3,(H,23,24)/b17-9+. The molecule has 2 N–H and O–H groups in total. The molecule has 0 spiro atoms. The van der Waals surface area contributed by atoms with Crippen LogP contribution in [0, 0.1) is 5.82 Å². The van der Waals surface area contributed by atoms with Crippen LogP contribution in [0.4, 0.5) is 4.39 Å². The van der Waals surface area contributed by atoms with E-state index in [2.05, 4.69) is 4.72 Å². The van der Waals surface area contributed by atoms with Crippen LogP contribution in [0.15, 0.2) is 52.9 Å². The maximum atomic E-state index is 13.7. The summed E-state index contributed by atoms with van der Waals surface area (Å²) in [6.07, 6.45) is 1.65. The summed E-state index contributed by atoms with van der Waals surface area (Å²) < 4.78 is 39.6. The number of carboxylic acid groups (broad SMARTS) is 1. The second-order valence-corrected chi connectivity index (χ2v) is 8.09. The van der Waals surface area contributed by atoms with Crippen molar-refractivity contribution < 1.29 is 22.7 Å². The molecule has 0 amide bonds. The molecule has 0 saturated heterocycles. The molecule has 2 aromatic rings. The van der Waals surface area contributed by atoms with Gasteiger partial charge in [-0.05, 0) is 77.7 Å². The van der Waals surface area contributed by atoms with E-state index < -0.39 is 21.8 Å². The Hall–Kier alpha value is -2.77. The number of halogens is 1. The molecule has 2 aromatic carbocycles. The number of hydrogen-bond acceptors (Lipinski definition) is 3. The fourth-order valence-electron chi connectivity index (χ4n) is 3.16. The largest absolute Gasteiger partial charge is 0.481 e. The minimum atomic E-state index is -3.52. The van der Waals surface area contributed by atoms with E-state index in [9.17, 15) is 22.7 Å². The number of benzene rings is 2. The van der Waals surface area contributed by atoms with E-state index in [0.717, 1.165) is 22.3 Å². The van der Waals surface area contributed by atoms with Gasteiger partial charge in [0.15, 0.2) is 0 Å². The Morgan fingerprint density at radius 1 is 1.15 bits per heavy atom. The molecule has 1 aliphatic carbocycles. The first-order chi connectivity index (χ1) is 12.7. The van der Waals surface area contributed by atoms with Crippen LogP contribution in [-0.4, -0.2) is 26.5 Å². The molecular formula is C20H18FNO4S. The molecule has 5 nitrogen and oxygen atoms in total. The monoisotopic (exact) mass is 387 g/mol. The van der Waals surface area contributed by atoms with Crippen molar-refractivity contribution in [1.29, 1.82) is 0 Å². The Labute approximate surface area is 156 Å². The summed E-state index contributed by atoms with van der Waals surface area (Å²) in [6.45, 7) is 1.81. The smallest absolute Gasteiger partial charge is 0.307 e. The van der Waals surface area contributed by atoms with Gasteiger partial charge in [-0.15, -0.1) is 0 Å². The van der Waals surface area contributed by atoms with Gasteiger partial charge in [-0.2, -0.15) is 0 Å². The maximum absolute atomic E-state index is 13.7. The van der Waals surface area contributed by atoms with Gasteiger partial charge in [0.1, 0.15) is 5.82 Å². The van der Waals surface area contributed by atoms with Gasteiger partial charge in [-0.1, -0.05) is 18.2 Å². The normalized spacial score (nSPS) is 15.3. The van der Waals surface area contributed by atoms with E-state index in [4.69, 9.17) is 0 Å². The average Bonchev–Trinajstić information content (AvgIpc) is 2.87. The van der Waals surface area contributed by atoms with E-state index in [-0.39, 0.29) is 11.3 Å². The summed E-state index contributed by atoms with van der Waals surface area (Å²) in [5.41, 5.74) is 4.24. The van der Waals surface area contributed by atoms with Crippen molar-refractivity contribution >= 4 is 33.2 Å². The molecule has 0 aliphatic heterocycles. The van der Waals surface area contributed by atoms with Gasteiger partial charge in [-0.3, -0.25) is 4.79 Å². The highest BCUT2D eigenvalue weighted by Crippen LogP contribution is 2.43. The lowest BCUT2D eigenvalue weighted by Gasteiger charge is -2.06. The minimum Gasteiger partial charge on any atom is -0.481 e. The van der Waals surface area contributed by atoms with E-state index in [1.807, 2.05) is 13.0 Å². The molecule has 3 rings (SSSR count). The Kier molecular flexibility index (Phi) is 4.99. The summed E-state index contributed by atoms with van der Waals surface area (Å²) >= 11 is 0. The van der Waals surface area contributed by atoms with Crippen LogP contribution in [-0.2, 0) is 14.8 Å². The van der Waals surface area contributed by atoms with Gasteiger partial charge in [0.2, 0.25) is 10.0 Å². The predicted octanol–water partition coefficient (Wildman–Crippen LogP) is 3.54. The lowest BCUT2D eigenvalue weighted by molar-refractivity contribution is -0.135. The number of allylic oxidation sites excluding steroid dienone is 2. The summed E-state index contributed by atoms with van der Waals surface area (Å²) in [7, 11) is -2.17. The summed E-state index contributed by atoms with van der Waals surface area (Å²) in [4.78, 5) is 11.4. The van der Waals surface area contributed by atoms with Crippen LogP contribution < -0.4 is 4.72 Å². The maximum Gasteiger partial charge on any atom is 0.307 e. The lowest BCUT2D eigenvalue weighted by atomic mass is 10.0. The number of hydrogen-bond donors (Lipinski definition) is 2. The molecule has 0 saturated carbocycles. The van der Waals surface area contributed by atoms with E-state index >= 15 is 0 Å². The molecule has 140 valence electrons. The highest BCUT2D eigenvalue weighted by atomic mass is 32.2. The molecule has 0 fully saturated rings. The molecule has 27 heavy (non-hydrogen) atoms. The average molecular weight is 387 g/mol. The zero-order valence-corrected chi connectivity index (χ0v) is 15.6. The highest BCUT2D eigenvalue weighted by molar-refractivity contribution is 7.89. The van der Waals surface area contributed by atoms with Gasteiger partial charge in [-0.25, -0.2) is 17.5 Å². The van der Waals surface area contributed by atoms with E-state index in [0.29, 0.717) is 11.1 Å². The van der Waals surface area contributed by atoms with Crippen LogP contribution in [0.25, 0.3) is 17.2 Å². The third kappa shape index (κ3) is 3.70. The van der Waals surface area contributed by atoms with E-state index in [1.54, 1.807) is 18.2 Å². The van der Waals surface area contributed by atoms with Crippen LogP contribution in [0.5, 0.6) is 0 Å². The van der Waals surface area contributed by atoms with Gasteiger partial charge >= 0.3 is 5.97 Å². The number of fused-ring (bicyclic) bond motifs is 1. The first kappa shape index (κ1) is 19.0. The van der Waals surface area contributed by atoms with Gasteiger partial charge in [0, 0.05) is 0 Å². The van der Waals surface area contributed by atoms with Crippen molar-refractivity contribution in [2.75, 3.05) is 7.05 Å². The van der Waals surface area contributed by atoms with Crippen molar-refractivity contribution in [1.82, 2.24) is 4.72 Å². The van der Waals surface area contributed by atoms with Crippen LogP contribution in [0.1, 0.15) is 30.0 Å². The molecule has 0 heterocycles. The number of sulfonamides is 1. The second-order valence-electron chi connectivity index (χ2n) is 6.20. The van der Waals surface area contributed by atoms with Crippen molar-refractivity contribution in [2.45, 2.75) is 18.2 Å². The summed E-state index contributed by atoms with van der Waals surface area (Å²) in [5.74, 6) is -1.41. The Bertz CT molecular complexity index is 1080. The van der Waals surface area contributed by atoms with Crippen LogP contribution in [0.2, 0.25) is 0 Å². The quantitative estimate of drug-likeness (QED) is 0.822. The molecule has 0 aromatic heterocycles. The first-order valence-corrected chi connectivity index (χ1v) is 9.69. The summed E-state index contributed by atoms with van der Waals surface area (Å²) in [6, 6.07) is 10.7. The van der Waals surface area contributed by atoms with Crippen molar-refractivity contribution in [3.05, 3.63) is 70.5 Å². The van der Waals surface area contributed by atoms with Crippen LogP contribution in [0.3, 0.4) is 0 Å². The molecule has 1 aliphatic rings. The highest BCUT2D eigenvalue weighted by Gasteiger charge is 2.25. The molecule has 0 bridgehead atoms. The number of rotatable bonds is 5. The Morgan fingerprint density at radius 2 is 1.81 bits per heavy atom. The molecule has 0 radical (unpaired) electrons. The molecule has 0 atom stereocenters. The second kappa shape index (κ2) is 7.09.